The Morgan fingerprint density at radius 3 is 2.23 bits per heavy atom. The van der Waals surface area contributed by atoms with Crippen molar-refractivity contribution in [2.75, 3.05) is 12.4 Å². The maximum absolute atomic E-state index is 11.0. The van der Waals surface area contributed by atoms with Gasteiger partial charge in [-0.15, -0.1) is 11.6 Å². The summed E-state index contributed by atoms with van der Waals surface area (Å²) in [5, 5.41) is 4.64. The number of halogens is 1. The summed E-state index contributed by atoms with van der Waals surface area (Å²) in [6.45, 7) is 6.46. The van der Waals surface area contributed by atoms with Gasteiger partial charge in [0.25, 0.3) is 0 Å². The van der Waals surface area contributed by atoms with E-state index >= 15 is 0 Å². The predicted molar refractivity (Wildman–Crippen MR) is 51.7 cm³/mol. The summed E-state index contributed by atoms with van der Waals surface area (Å²) in [5.74, 6) is -0.698. The second kappa shape index (κ2) is 5.07. The summed E-state index contributed by atoms with van der Waals surface area (Å²) < 4.78 is 0. The highest BCUT2D eigenvalue weighted by molar-refractivity contribution is 6.28. The molecule has 0 heterocycles. The molecule has 0 aliphatic rings. The predicted octanol–water partition coefficient (Wildman–Crippen LogP) is 1.10. The van der Waals surface area contributed by atoms with E-state index in [1.807, 2.05) is 20.8 Å². The van der Waals surface area contributed by atoms with Crippen molar-refractivity contribution in [1.29, 1.82) is 0 Å². The minimum absolute atomic E-state index is 0.00134. The van der Waals surface area contributed by atoms with Crippen molar-refractivity contribution in [3.05, 3.63) is 0 Å². The molecule has 5 heteroatoms. The van der Waals surface area contributed by atoms with Gasteiger partial charge in [0.1, 0.15) is 5.88 Å². The van der Waals surface area contributed by atoms with Crippen LogP contribution in [-0.4, -0.2) is 24.4 Å². The number of imide groups is 1. The lowest BCUT2D eigenvalue weighted by atomic mass is 9.97. The highest BCUT2D eigenvalue weighted by Gasteiger charge is 2.12. The van der Waals surface area contributed by atoms with Crippen molar-refractivity contribution >= 4 is 23.5 Å². The van der Waals surface area contributed by atoms with Crippen LogP contribution in [0.3, 0.4) is 0 Å². The van der Waals surface area contributed by atoms with E-state index in [0.717, 1.165) is 0 Å². The molecule has 2 N–H and O–H groups in total. The molecule has 0 unspecified atom stereocenters. The number of nitrogens with one attached hydrogen (secondary N) is 2. The van der Waals surface area contributed by atoms with Gasteiger partial charge in [0.15, 0.2) is 0 Å². The topological polar surface area (TPSA) is 58.2 Å². The largest absolute Gasteiger partial charge is 0.337 e. The van der Waals surface area contributed by atoms with Gasteiger partial charge in [-0.2, -0.15) is 0 Å². The number of hydrogen-bond donors (Lipinski definition) is 2. The van der Waals surface area contributed by atoms with E-state index in [1.165, 1.54) is 0 Å². The Bertz CT molecular complexity index is 199. The number of urea groups is 1. The third-order valence-electron chi connectivity index (χ3n) is 1.15. The van der Waals surface area contributed by atoms with Gasteiger partial charge in [0, 0.05) is 6.54 Å². The smallest absolute Gasteiger partial charge is 0.321 e. The first-order valence-electron chi connectivity index (χ1n) is 3.99. The first kappa shape index (κ1) is 12.2. The zero-order valence-corrected chi connectivity index (χ0v) is 8.86. The number of rotatable bonds is 2. The number of hydrogen-bond acceptors (Lipinski definition) is 2. The Kier molecular flexibility index (Phi) is 4.77. The Morgan fingerprint density at radius 2 is 1.85 bits per heavy atom. The van der Waals surface area contributed by atoms with Gasteiger partial charge in [0.2, 0.25) is 5.91 Å². The van der Waals surface area contributed by atoms with E-state index in [-0.39, 0.29) is 11.3 Å². The zero-order chi connectivity index (χ0) is 10.5. The van der Waals surface area contributed by atoms with Crippen LogP contribution in [0, 0.1) is 5.41 Å². The van der Waals surface area contributed by atoms with Crippen LogP contribution >= 0.6 is 11.6 Å². The monoisotopic (exact) mass is 206 g/mol. The van der Waals surface area contributed by atoms with Gasteiger partial charge in [-0.1, -0.05) is 20.8 Å². The molecule has 0 aromatic carbocycles. The summed E-state index contributed by atoms with van der Waals surface area (Å²) in [6.07, 6.45) is 0. The van der Waals surface area contributed by atoms with Crippen LogP contribution in [0.4, 0.5) is 4.79 Å². The minimum atomic E-state index is -0.499. The molecule has 0 rings (SSSR count). The molecule has 0 spiro atoms. The molecule has 0 saturated carbocycles. The number of alkyl halides is 1. The molecule has 0 bridgehead atoms. The molecule has 0 aromatic rings. The standard InChI is InChI=1S/C8H15ClN2O2/c1-8(2,3)5-10-7(13)11-6(12)4-9/h4-5H2,1-3H3,(H2,10,11,12,13). The van der Waals surface area contributed by atoms with Gasteiger partial charge in [0.05, 0.1) is 0 Å². The average molecular weight is 207 g/mol. The second-order valence-electron chi connectivity index (χ2n) is 3.93. The average Bonchev–Trinajstić information content (AvgIpc) is 1.99. The van der Waals surface area contributed by atoms with E-state index in [0.29, 0.717) is 6.54 Å². The van der Waals surface area contributed by atoms with E-state index in [9.17, 15) is 9.59 Å². The van der Waals surface area contributed by atoms with Crippen LogP contribution in [0.1, 0.15) is 20.8 Å². The van der Waals surface area contributed by atoms with E-state index in [1.54, 1.807) is 0 Å². The van der Waals surface area contributed by atoms with Crippen LogP contribution in [0.2, 0.25) is 0 Å². The fourth-order valence-corrected chi connectivity index (χ4v) is 0.616. The molecule has 3 amide bonds. The quantitative estimate of drug-likeness (QED) is 0.665. The lowest BCUT2D eigenvalue weighted by Crippen LogP contribution is -2.43. The molecule has 0 aliphatic carbocycles. The van der Waals surface area contributed by atoms with Crippen LogP contribution in [0.25, 0.3) is 0 Å². The third-order valence-corrected chi connectivity index (χ3v) is 1.40. The molecular weight excluding hydrogens is 192 g/mol. The summed E-state index contributed by atoms with van der Waals surface area (Å²) in [5.41, 5.74) is 0.00134. The minimum Gasteiger partial charge on any atom is -0.337 e. The van der Waals surface area contributed by atoms with Gasteiger partial charge >= 0.3 is 6.03 Å². The molecule has 0 atom stereocenters. The third kappa shape index (κ3) is 7.59. The Labute approximate surface area is 83.0 Å². The summed E-state index contributed by atoms with van der Waals surface area (Å²) in [6, 6.07) is -0.499. The number of carbonyl (C=O) groups is 2. The fourth-order valence-electron chi connectivity index (χ4n) is 0.550. The molecule has 0 aliphatic heterocycles. The van der Waals surface area contributed by atoms with E-state index in [4.69, 9.17) is 11.6 Å². The summed E-state index contributed by atoms with van der Waals surface area (Å²) in [4.78, 5) is 21.6. The van der Waals surface area contributed by atoms with Crippen molar-refractivity contribution in [3.8, 4) is 0 Å². The lowest BCUT2D eigenvalue weighted by Gasteiger charge is -2.18. The highest BCUT2D eigenvalue weighted by Crippen LogP contribution is 2.09. The molecule has 0 aromatic heterocycles. The van der Waals surface area contributed by atoms with Crippen molar-refractivity contribution in [2.45, 2.75) is 20.8 Å². The Morgan fingerprint density at radius 1 is 1.31 bits per heavy atom. The first-order chi connectivity index (χ1) is 5.85. The van der Waals surface area contributed by atoms with Crippen molar-refractivity contribution in [1.82, 2.24) is 10.6 Å². The molecule has 4 nitrogen and oxygen atoms in total. The molecule has 13 heavy (non-hydrogen) atoms. The molecular formula is C8H15ClN2O2. The normalized spacial score (nSPS) is 10.8. The van der Waals surface area contributed by atoms with Crippen LogP contribution in [0.15, 0.2) is 0 Å². The highest BCUT2D eigenvalue weighted by atomic mass is 35.5. The first-order valence-corrected chi connectivity index (χ1v) is 4.52. The summed E-state index contributed by atoms with van der Waals surface area (Å²) in [7, 11) is 0. The van der Waals surface area contributed by atoms with Crippen LogP contribution < -0.4 is 10.6 Å². The zero-order valence-electron chi connectivity index (χ0n) is 8.11. The van der Waals surface area contributed by atoms with Gasteiger partial charge in [-0.05, 0) is 5.41 Å². The maximum Gasteiger partial charge on any atom is 0.321 e. The van der Waals surface area contributed by atoms with Gasteiger partial charge in [-0.25, -0.2) is 4.79 Å². The van der Waals surface area contributed by atoms with Crippen LogP contribution in [-0.2, 0) is 4.79 Å². The van der Waals surface area contributed by atoms with E-state index < -0.39 is 11.9 Å². The Hall–Kier alpha value is -0.770. The Balaban J connectivity index is 3.70. The number of carbonyl (C=O) groups excluding carboxylic acids is 2. The van der Waals surface area contributed by atoms with Gasteiger partial charge in [-0.3, -0.25) is 10.1 Å². The maximum atomic E-state index is 11.0. The van der Waals surface area contributed by atoms with Gasteiger partial charge < -0.3 is 5.32 Å². The van der Waals surface area contributed by atoms with E-state index in [2.05, 4.69) is 10.6 Å². The van der Waals surface area contributed by atoms with Crippen molar-refractivity contribution in [2.24, 2.45) is 5.41 Å². The van der Waals surface area contributed by atoms with Crippen molar-refractivity contribution < 1.29 is 9.59 Å². The lowest BCUT2D eigenvalue weighted by molar-refractivity contribution is -0.117. The fraction of sp³-hybridized carbons (Fsp3) is 0.750. The molecule has 0 radical (unpaired) electrons. The molecule has 0 fully saturated rings. The molecule has 0 saturated heterocycles. The summed E-state index contributed by atoms with van der Waals surface area (Å²) >= 11 is 5.19. The number of amides is 3. The second-order valence-corrected chi connectivity index (χ2v) is 4.19. The molecule has 76 valence electrons. The van der Waals surface area contributed by atoms with Crippen LogP contribution in [0.5, 0.6) is 0 Å². The SMILES string of the molecule is CC(C)(C)CNC(=O)NC(=O)CCl. The van der Waals surface area contributed by atoms with Crippen molar-refractivity contribution in [3.63, 3.8) is 0 Å².